The molecule has 1 atom stereocenters. The van der Waals surface area contributed by atoms with Crippen LogP contribution in [0.5, 0.6) is 5.75 Å². The van der Waals surface area contributed by atoms with E-state index in [9.17, 15) is 14.7 Å². The number of aliphatic hydroxyl groups is 1. The van der Waals surface area contributed by atoms with E-state index in [1.54, 1.807) is 12.1 Å². The van der Waals surface area contributed by atoms with E-state index in [0.717, 1.165) is 6.07 Å². The van der Waals surface area contributed by atoms with Gasteiger partial charge in [0.15, 0.2) is 5.43 Å². The van der Waals surface area contributed by atoms with Gasteiger partial charge in [0.2, 0.25) is 5.76 Å². The van der Waals surface area contributed by atoms with Crippen molar-refractivity contribution in [2.24, 2.45) is 0 Å². The van der Waals surface area contributed by atoms with Gasteiger partial charge in [0.05, 0.1) is 6.10 Å². The molecular weight excluding hydrogens is 284 g/mol. The Balaban J connectivity index is 2.47. The van der Waals surface area contributed by atoms with Crippen LogP contribution in [0.4, 0.5) is 0 Å². The first-order valence-electron chi connectivity index (χ1n) is 5.75. The molecule has 0 aliphatic heterocycles. The Kier molecular flexibility index (Phi) is 4.31. The topological polar surface area (TPSA) is 97.0 Å². The molecule has 2 aromatic rings. The number of aliphatic hydroxyl groups excluding tert-OH is 1. The number of carboxylic acids is 1. The van der Waals surface area contributed by atoms with Crippen molar-refractivity contribution < 1.29 is 24.2 Å². The number of aromatic carboxylic acids is 1. The third-order valence-corrected chi connectivity index (χ3v) is 2.99. The molecule has 106 valence electrons. The number of ether oxygens (including phenoxy) is 1. The second kappa shape index (κ2) is 5.98. The Labute approximate surface area is 119 Å². The molecule has 20 heavy (non-hydrogen) atoms. The maximum absolute atomic E-state index is 12.0. The lowest BCUT2D eigenvalue weighted by molar-refractivity contribution is 0.0663. The number of rotatable bonds is 5. The summed E-state index contributed by atoms with van der Waals surface area (Å²) in [5.74, 6) is -1.30. The molecule has 0 aliphatic rings. The van der Waals surface area contributed by atoms with Crippen molar-refractivity contribution in [3.05, 3.63) is 40.2 Å². The summed E-state index contributed by atoms with van der Waals surface area (Å²) in [7, 11) is 0. The molecule has 0 radical (unpaired) electrons. The van der Waals surface area contributed by atoms with Crippen molar-refractivity contribution in [1.29, 1.82) is 0 Å². The van der Waals surface area contributed by atoms with Crippen LogP contribution in [0.3, 0.4) is 0 Å². The third kappa shape index (κ3) is 2.94. The van der Waals surface area contributed by atoms with Gasteiger partial charge in [0.25, 0.3) is 0 Å². The van der Waals surface area contributed by atoms with Gasteiger partial charge in [-0.3, -0.25) is 4.79 Å². The van der Waals surface area contributed by atoms with Gasteiger partial charge in [0, 0.05) is 11.8 Å². The number of carbonyl (C=O) groups is 1. The zero-order valence-corrected chi connectivity index (χ0v) is 11.2. The van der Waals surface area contributed by atoms with E-state index in [1.165, 1.54) is 6.07 Å². The first-order valence-corrected chi connectivity index (χ1v) is 6.38. The second-order valence-corrected chi connectivity index (χ2v) is 4.42. The van der Waals surface area contributed by atoms with Crippen LogP contribution in [-0.4, -0.2) is 34.6 Å². The Bertz CT molecular complexity index is 693. The van der Waals surface area contributed by atoms with Crippen molar-refractivity contribution >= 4 is 29.6 Å². The second-order valence-electron chi connectivity index (χ2n) is 4.06. The van der Waals surface area contributed by atoms with Crippen LogP contribution >= 0.6 is 12.6 Å². The van der Waals surface area contributed by atoms with Crippen LogP contribution in [0.25, 0.3) is 11.0 Å². The average Bonchev–Trinajstić information content (AvgIpc) is 2.44. The van der Waals surface area contributed by atoms with E-state index in [2.05, 4.69) is 12.6 Å². The fourth-order valence-corrected chi connectivity index (χ4v) is 1.75. The zero-order valence-electron chi connectivity index (χ0n) is 10.3. The molecule has 0 saturated heterocycles. The van der Waals surface area contributed by atoms with Gasteiger partial charge >= 0.3 is 5.97 Å². The lowest BCUT2D eigenvalue weighted by atomic mass is 10.2. The molecule has 0 amide bonds. The highest BCUT2D eigenvalue weighted by Gasteiger charge is 2.14. The van der Waals surface area contributed by atoms with Crippen LogP contribution in [-0.2, 0) is 0 Å². The van der Waals surface area contributed by atoms with Crippen LogP contribution in [0.1, 0.15) is 10.6 Å². The molecule has 7 heteroatoms. The van der Waals surface area contributed by atoms with Crippen LogP contribution in [0.2, 0.25) is 0 Å². The van der Waals surface area contributed by atoms with Crippen molar-refractivity contribution in [2.45, 2.75) is 6.10 Å². The maximum atomic E-state index is 12.0. The molecule has 0 bridgehead atoms. The number of fused-ring (bicyclic) bond motifs is 1. The summed E-state index contributed by atoms with van der Waals surface area (Å²) in [6.45, 7) is -0.0251. The summed E-state index contributed by atoms with van der Waals surface area (Å²) in [5, 5.41) is 18.4. The quantitative estimate of drug-likeness (QED) is 0.716. The smallest absolute Gasteiger partial charge is 0.371 e. The predicted octanol–water partition coefficient (Wildman–Crippen LogP) is 1.16. The Morgan fingerprint density at radius 3 is 2.85 bits per heavy atom. The Morgan fingerprint density at radius 1 is 1.45 bits per heavy atom. The first kappa shape index (κ1) is 14.4. The van der Waals surface area contributed by atoms with Gasteiger partial charge in [-0.2, -0.15) is 12.6 Å². The van der Waals surface area contributed by atoms with Crippen molar-refractivity contribution in [2.75, 3.05) is 12.4 Å². The summed E-state index contributed by atoms with van der Waals surface area (Å²) < 4.78 is 10.5. The summed E-state index contributed by atoms with van der Waals surface area (Å²) in [4.78, 5) is 22.8. The fourth-order valence-electron chi connectivity index (χ4n) is 1.64. The van der Waals surface area contributed by atoms with Crippen LogP contribution < -0.4 is 10.2 Å². The molecule has 0 fully saturated rings. The molecule has 1 aromatic carbocycles. The summed E-state index contributed by atoms with van der Waals surface area (Å²) in [5.41, 5.74) is -0.396. The standard InChI is InChI=1S/C13H12O6S/c14-7(6-20)5-18-9-2-1-3-10-12(9)8(15)4-11(19-10)13(16)17/h1-4,7,14,20H,5-6H2,(H,16,17). The summed E-state index contributed by atoms with van der Waals surface area (Å²) in [6, 6.07) is 5.49. The Hall–Kier alpha value is -1.99. The summed E-state index contributed by atoms with van der Waals surface area (Å²) >= 11 is 3.92. The van der Waals surface area contributed by atoms with E-state index in [1.807, 2.05) is 0 Å². The monoisotopic (exact) mass is 296 g/mol. The van der Waals surface area contributed by atoms with E-state index in [0.29, 0.717) is 0 Å². The highest BCUT2D eigenvalue weighted by Crippen LogP contribution is 2.23. The highest BCUT2D eigenvalue weighted by atomic mass is 32.1. The van der Waals surface area contributed by atoms with Crippen molar-refractivity contribution in [1.82, 2.24) is 0 Å². The number of hydrogen-bond donors (Lipinski definition) is 3. The van der Waals surface area contributed by atoms with Crippen LogP contribution in [0, 0.1) is 0 Å². The average molecular weight is 296 g/mol. The minimum absolute atomic E-state index is 0.0251. The number of hydrogen-bond acceptors (Lipinski definition) is 6. The van der Waals surface area contributed by atoms with Crippen LogP contribution in [0.15, 0.2) is 33.5 Å². The molecule has 1 unspecified atom stereocenters. The fraction of sp³-hybridized carbons (Fsp3) is 0.231. The van der Waals surface area contributed by atoms with E-state index in [4.69, 9.17) is 14.3 Å². The molecule has 2 rings (SSSR count). The third-order valence-electron chi connectivity index (χ3n) is 2.57. The number of benzene rings is 1. The summed E-state index contributed by atoms with van der Waals surface area (Å²) in [6.07, 6.45) is -0.765. The zero-order chi connectivity index (χ0) is 14.7. The van der Waals surface area contributed by atoms with Gasteiger partial charge in [-0.15, -0.1) is 0 Å². The molecule has 2 N–H and O–H groups in total. The SMILES string of the molecule is O=C(O)c1cc(=O)c2c(OCC(O)CS)cccc2o1. The molecular formula is C13H12O6S. The lowest BCUT2D eigenvalue weighted by Gasteiger charge is -2.11. The Morgan fingerprint density at radius 2 is 2.20 bits per heavy atom. The number of carboxylic acid groups (broad SMARTS) is 1. The maximum Gasteiger partial charge on any atom is 0.371 e. The van der Waals surface area contributed by atoms with Gasteiger partial charge < -0.3 is 19.4 Å². The first-order chi connectivity index (χ1) is 9.52. The van der Waals surface area contributed by atoms with E-state index in [-0.39, 0.29) is 29.1 Å². The molecule has 1 aromatic heterocycles. The van der Waals surface area contributed by atoms with E-state index < -0.39 is 23.3 Å². The molecule has 0 spiro atoms. The van der Waals surface area contributed by atoms with Crippen molar-refractivity contribution in [3.63, 3.8) is 0 Å². The van der Waals surface area contributed by atoms with E-state index >= 15 is 0 Å². The van der Waals surface area contributed by atoms with Gasteiger partial charge in [-0.1, -0.05) is 6.07 Å². The largest absolute Gasteiger partial charge is 0.490 e. The number of thiol groups is 1. The molecule has 0 saturated carbocycles. The molecule has 6 nitrogen and oxygen atoms in total. The minimum atomic E-state index is -1.32. The van der Waals surface area contributed by atoms with Gasteiger partial charge in [0.1, 0.15) is 23.3 Å². The van der Waals surface area contributed by atoms with Crippen molar-refractivity contribution in [3.8, 4) is 5.75 Å². The highest BCUT2D eigenvalue weighted by molar-refractivity contribution is 7.80. The minimum Gasteiger partial charge on any atom is -0.490 e. The lowest BCUT2D eigenvalue weighted by Crippen LogP contribution is -2.19. The molecule has 1 heterocycles. The normalized spacial score (nSPS) is 12.3. The molecule has 0 aliphatic carbocycles. The predicted molar refractivity (Wildman–Crippen MR) is 74.8 cm³/mol. The van der Waals surface area contributed by atoms with Gasteiger partial charge in [-0.25, -0.2) is 4.79 Å². The van der Waals surface area contributed by atoms with Gasteiger partial charge in [-0.05, 0) is 12.1 Å².